The van der Waals surface area contributed by atoms with Crippen LogP contribution in [-0.2, 0) is 0 Å². The van der Waals surface area contributed by atoms with Gasteiger partial charge in [-0.2, -0.15) is 0 Å². The Morgan fingerprint density at radius 1 is 1.12 bits per heavy atom. The number of aromatic nitrogens is 2. The fourth-order valence-corrected chi connectivity index (χ4v) is 2.45. The zero-order valence-electron chi connectivity index (χ0n) is 10.7. The zero-order valence-corrected chi connectivity index (χ0v) is 10.7. The van der Waals surface area contributed by atoms with E-state index in [0.29, 0.717) is 6.04 Å². The van der Waals surface area contributed by atoms with Gasteiger partial charge in [0.2, 0.25) is 0 Å². The Hall–Kier alpha value is -1.32. The first-order valence-corrected chi connectivity index (χ1v) is 6.56. The van der Waals surface area contributed by atoms with Crippen molar-refractivity contribution in [3.05, 3.63) is 12.4 Å². The summed E-state index contributed by atoms with van der Waals surface area (Å²) < 4.78 is 0. The molecule has 0 radical (unpaired) electrons. The molecule has 1 saturated carbocycles. The number of nitrogens with zero attached hydrogens (tertiary/aromatic N) is 2. The first-order chi connectivity index (χ1) is 8.29. The van der Waals surface area contributed by atoms with Crippen LogP contribution in [0.5, 0.6) is 0 Å². The molecule has 1 aromatic heterocycles. The highest BCUT2D eigenvalue weighted by Crippen LogP contribution is 2.25. The first-order valence-electron chi connectivity index (χ1n) is 6.56. The SMILES string of the molecule is CNc1cncc(NC2CCCCCC2C)n1. The van der Waals surface area contributed by atoms with Gasteiger partial charge in [0.1, 0.15) is 11.6 Å². The molecular weight excluding hydrogens is 212 g/mol. The fraction of sp³-hybridized carbons (Fsp3) is 0.692. The Morgan fingerprint density at radius 2 is 1.88 bits per heavy atom. The summed E-state index contributed by atoms with van der Waals surface area (Å²) in [6.45, 7) is 2.33. The molecule has 0 amide bonds. The summed E-state index contributed by atoms with van der Waals surface area (Å²) in [6.07, 6.45) is 10.1. The molecule has 4 heteroatoms. The van der Waals surface area contributed by atoms with Crippen LogP contribution in [0.25, 0.3) is 0 Å². The van der Waals surface area contributed by atoms with Gasteiger partial charge in [-0.25, -0.2) is 4.98 Å². The fourth-order valence-electron chi connectivity index (χ4n) is 2.45. The van der Waals surface area contributed by atoms with Gasteiger partial charge in [0, 0.05) is 13.1 Å². The van der Waals surface area contributed by atoms with Gasteiger partial charge in [-0.3, -0.25) is 4.98 Å². The van der Waals surface area contributed by atoms with Crippen LogP contribution in [0.4, 0.5) is 11.6 Å². The smallest absolute Gasteiger partial charge is 0.147 e. The largest absolute Gasteiger partial charge is 0.372 e. The maximum Gasteiger partial charge on any atom is 0.147 e. The topological polar surface area (TPSA) is 49.8 Å². The Bertz CT molecular complexity index is 353. The van der Waals surface area contributed by atoms with E-state index in [1.165, 1.54) is 32.1 Å². The third kappa shape index (κ3) is 3.32. The van der Waals surface area contributed by atoms with E-state index in [-0.39, 0.29) is 0 Å². The van der Waals surface area contributed by atoms with Gasteiger partial charge in [0.15, 0.2) is 0 Å². The van der Waals surface area contributed by atoms with E-state index < -0.39 is 0 Å². The Morgan fingerprint density at radius 3 is 2.71 bits per heavy atom. The van der Waals surface area contributed by atoms with E-state index in [0.717, 1.165) is 17.6 Å². The molecule has 2 unspecified atom stereocenters. The van der Waals surface area contributed by atoms with Crippen molar-refractivity contribution < 1.29 is 0 Å². The van der Waals surface area contributed by atoms with Gasteiger partial charge in [0.05, 0.1) is 12.4 Å². The lowest BCUT2D eigenvalue weighted by Crippen LogP contribution is -2.26. The van der Waals surface area contributed by atoms with E-state index in [9.17, 15) is 0 Å². The third-order valence-corrected chi connectivity index (χ3v) is 3.59. The van der Waals surface area contributed by atoms with Crippen molar-refractivity contribution in [2.75, 3.05) is 17.7 Å². The van der Waals surface area contributed by atoms with E-state index in [2.05, 4.69) is 27.5 Å². The van der Waals surface area contributed by atoms with Crippen LogP contribution in [0.15, 0.2) is 12.4 Å². The summed E-state index contributed by atoms with van der Waals surface area (Å²) in [7, 11) is 1.86. The highest BCUT2D eigenvalue weighted by molar-refractivity contribution is 5.41. The van der Waals surface area contributed by atoms with Crippen molar-refractivity contribution in [3.8, 4) is 0 Å². The summed E-state index contributed by atoms with van der Waals surface area (Å²) in [5, 5.41) is 6.55. The van der Waals surface area contributed by atoms with Crippen LogP contribution in [-0.4, -0.2) is 23.1 Å². The summed E-state index contributed by atoms with van der Waals surface area (Å²) >= 11 is 0. The third-order valence-electron chi connectivity index (χ3n) is 3.59. The van der Waals surface area contributed by atoms with Gasteiger partial charge < -0.3 is 10.6 Å². The standard InChI is InChI=1S/C13H22N4/c1-10-6-4-3-5-7-11(10)16-13-9-15-8-12(14-2)17-13/h8-11H,3-7H2,1-2H3,(H2,14,16,17). The number of hydrogen-bond acceptors (Lipinski definition) is 4. The molecule has 0 bridgehead atoms. The Labute approximate surface area is 103 Å². The van der Waals surface area contributed by atoms with Crippen molar-refractivity contribution in [2.45, 2.75) is 45.1 Å². The van der Waals surface area contributed by atoms with Gasteiger partial charge >= 0.3 is 0 Å². The minimum absolute atomic E-state index is 0.541. The second kappa shape index (κ2) is 5.84. The minimum atomic E-state index is 0.541. The summed E-state index contributed by atoms with van der Waals surface area (Å²) in [5.41, 5.74) is 0. The van der Waals surface area contributed by atoms with Crippen molar-refractivity contribution >= 4 is 11.6 Å². The van der Waals surface area contributed by atoms with Crippen molar-refractivity contribution in [1.82, 2.24) is 9.97 Å². The Balaban J connectivity index is 2.02. The molecule has 2 rings (SSSR count). The molecule has 1 aliphatic carbocycles. The normalized spacial score (nSPS) is 25.1. The number of hydrogen-bond donors (Lipinski definition) is 2. The van der Waals surface area contributed by atoms with E-state index in [1.807, 2.05) is 7.05 Å². The highest BCUT2D eigenvalue weighted by atomic mass is 15.1. The maximum absolute atomic E-state index is 4.47. The predicted molar refractivity (Wildman–Crippen MR) is 71.2 cm³/mol. The molecule has 1 aliphatic rings. The van der Waals surface area contributed by atoms with E-state index in [1.54, 1.807) is 12.4 Å². The second-order valence-corrected chi connectivity index (χ2v) is 4.91. The Kier molecular flexibility index (Phi) is 4.18. The van der Waals surface area contributed by atoms with Gasteiger partial charge in [0.25, 0.3) is 0 Å². The lowest BCUT2D eigenvalue weighted by molar-refractivity contribution is 0.455. The average Bonchev–Trinajstić information content (AvgIpc) is 2.55. The summed E-state index contributed by atoms with van der Waals surface area (Å²) in [4.78, 5) is 8.65. The van der Waals surface area contributed by atoms with Crippen LogP contribution in [0, 0.1) is 5.92 Å². The molecule has 1 fully saturated rings. The number of rotatable bonds is 3. The minimum Gasteiger partial charge on any atom is -0.372 e. The lowest BCUT2D eigenvalue weighted by atomic mass is 9.97. The van der Waals surface area contributed by atoms with Crippen LogP contribution >= 0.6 is 0 Å². The van der Waals surface area contributed by atoms with Crippen LogP contribution in [0.3, 0.4) is 0 Å². The van der Waals surface area contributed by atoms with E-state index in [4.69, 9.17) is 0 Å². The molecule has 4 nitrogen and oxygen atoms in total. The van der Waals surface area contributed by atoms with Crippen molar-refractivity contribution in [3.63, 3.8) is 0 Å². The molecule has 94 valence electrons. The quantitative estimate of drug-likeness (QED) is 0.790. The van der Waals surface area contributed by atoms with Crippen LogP contribution < -0.4 is 10.6 Å². The van der Waals surface area contributed by atoms with E-state index >= 15 is 0 Å². The monoisotopic (exact) mass is 234 g/mol. The van der Waals surface area contributed by atoms with Crippen LogP contribution in [0.2, 0.25) is 0 Å². The molecule has 0 spiro atoms. The molecular formula is C13H22N4. The van der Waals surface area contributed by atoms with Gasteiger partial charge in [-0.05, 0) is 18.8 Å². The molecule has 17 heavy (non-hydrogen) atoms. The maximum atomic E-state index is 4.47. The van der Waals surface area contributed by atoms with Crippen LogP contribution in [0.1, 0.15) is 39.0 Å². The van der Waals surface area contributed by atoms with Gasteiger partial charge in [-0.15, -0.1) is 0 Å². The summed E-state index contributed by atoms with van der Waals surface area (Å²) in [5.74, 6) is 2.42. The number of nitrogens with one attached hydrogen (secondary N) is 2. The van der Waals surface area contributed by atoms with Crippen molar-refractivity contribution in [2.24, 2.45) is 5.92 Å². The highest BCUT2D eigenvalue weighted by Gasteiger charge is 2.19. The molecule has 0 saturated heterocycles. The molecule has 2 N–H and O–H groups in total. The first kappa shape index (κ1) is 12.1. The molecule has 1 aromatic rings. The van der Waals surface area contributed by atoms with Crippen molar-refractivity contribution in [1.29, 1.82) is 0 Å². The molecule has 1 heterocycles. The molecule has 0 aromatic carbocycles. The average molecular weight is 234 g/mol. The molecule has 0 aliphatic heterocycles. The zero-order chi connectivity index (χ0) is 12.1. The summed E-state index contributed by atoms with van der Waals surface area (Å²) in [6, 6.07) is 0.541. The van der Waals surface area contributed by atoms with Gasteiger partial charge in [-0.1, -0.05) is 26.2 Å². The predicted octanol–water partition coefficient (Wildman–Crippen LogP) is 2.90. The number of anilines is 2. The second-order valence-electron chi connectivity index (χ2n) is 4.91. The molecule has 2 atom stereocenters. The lowest BCUT2D eigenvalue weighted by Gasteiger charge is -2.23.